The van der Waals surface area contributed by atoms with Crippen LogP contribution in [0.1, 0.15) is 38.5 Å². The molecule has 1 aliphatic rings. The molecule has 1 fully saturated rings. The Balaban J connectivity index is 2.25. The normalized spacial score (nSPS) is 22.9. The highest BCUT2D eigenvalue weighted by Gasteiger charge is 2.20. The van der Waals surface area contributed by atoms with Crippen molar-refractivity contribution >= 4 is 17.2 Å². The van der Waals surface area contributed by atoms with Crippen molar-refractivity contribution in [2.45, 2.75) is 44.6 Å². The summed E-state index contributed by atoms with van der Waals surface area (Å²) in [5.74, 6) is 0. The number of nitrogens with zero attached hydrogens (tertiary/aromatic N) is 1. The Hall–Kier alpha value is -0.190. The smallest absolute Gasteiger partial charge is 0.0727 e. The number of aliphatic hydroxyl groups excluding tert-OH is 1. The highest BCUT2D eigenvalue weighted by Crippen LogP contribution is 2.19. The molecule has 0 aromatic rings. The highest BCUT2D eigenvalue weighted by molar-refractivity contribution is 7.80. The first-order valence-electron chi connectivity index (χ1n) is 5.87. The summed E-state index contributed by atoms with van der Waals surface area (Å²) in [6, 6.07) is 0.579. The van der Waals surface area contributed by atoms with Crippen LogP contribution in [0.2, 0.25) is 0 Å². The Morgan fingerprint density at radius 1 is 1.47 bits per heavy atom. The number of thiocarbonyl (C=S) groups is 1. The molecule has 0 aliphatic carbocycles. The molecule has 3 N–H and O–H groups in total. The standard InChI is InChI=1S/C11H22N2OS/c12-11(15)5-3-8-13-7-2-1-4-10(13)6-9-14/h10,14H,1-9H2,(H2,12,15). The summed E-state index contributed by atoms with van der Waals surface area (Å²) >= 11 is 4.86. The van der Waals surface area contributed by atoms with E-state index in [1.165, 1.54) is 25.8 Å². The Bertz CT molecular complexity index is 197. The van der Waals surface area contributed by atoms with E-state index in [1.807, 2.05) is 0 Å². The van der Waals surface area contributed by atoms with Crippen LogP contribution in [0.3, 0.4) is 0 Å². The Labute approximate surface area is 97.6 Å². The van der Waals surface area contributed by atoms with E-state index in [-0.39, 0.29) is 0 Å². The average molecular weight is 230 g/mol. The molecule has 0 amide bonds. The van der Waals surface area contributed by atoms with Gasteiger partial charge in [-0.15, -0.1) is 0 Å². The molecule has 0 saturated carbocycles. The van der Waals surface area contributed by atoms with Crippen molar-refractivity contribution in [3.8, 4) is 0 Å². The third-order valence-electron chi connectivity index (χ3n) is 3.08. The zero-order chi connectivity index (χ0) is 11.1. The van der Waals surface area contributed by atoms with Gasteiger partial charge in [0.15, 0.2) is 0 Å². The third kappa shape index (κ3) is 4.91. The predicted octanol–water partition coefficient (Wildman–Crippen LogP) is 1.29. The molecule has 0 aromatic carbocycles. The van der Waals surface area contributed by atoms with E-state index in [2.05, 4.69) is 4.90 Å². The van der Waals surface area contributed by atoms with Crippen LogP contribution in [0.5, 0.6) is 0 Å². The van der Waals surface area contributed by atoms with Gasteiger partial charge in [0.05, 0.1) is 4.99 Å². The molecule has 0 radical (unpaired) electrons. The number of hydrogen-bond acceptors (Lipinski definition) is 3. The summed E-state index contributed by atoms with van der Waals surface area (Å²) in [4.78, 5) is 3.10. The number of aliphatic hydroxyl groups is 1. The summed E-state index contributed by atoms with van der Waals surface area (Å²) in [7, 11) is 0. The third-order valence-corrected chi connectivity index (χ3v) is 3.28. The van der Waals surface area contributed by atoms with Crippen LogP contribution in [-0.2, 0) is 0 Å². The molecule has 0 bridgehead atoms. The summed E-state index contributed by atoms with van der Waals surface area (Å²) in [5.41, 5.74) is 5.47. The van der Waals surface area contributed by atoms with Gasteiger partial charge < -0.3 is 15.7 Å². The van der Waals surface area contributed by atoms with E-state index >= 15 is 0 Å². The van der Waals surface area contributed by atoms with Crippen LogP contribution >= 0.6 is 12.2 Å². The molecule has 1 aliphatic heterocycles. The second-order valence-electron chi connectivity index (χ2n) is 4.27. The quantitative estimate of drug-likeness (QED) is 0.675. The maximum atomic E-state index is 8.98. The number of rotatable bonds is 6. The van der Waals surface area contributed by atoms with Crippen molar-refractivity contribution in [3.63, 3.8) is 0 Å². The predicted molar refractivity (Wildman–Crippen MR) is 66.9 cm³/mol. The first-order chi connectivity index (χ1) is 7.24. The molecule has 1 atom stereocenters. The van der Waals surface area contributed by atoms with E-state index < -0.39 is 0 Å². The van der Waals surface area contributed by atoms with Gasteiger partial charge in [0.1, 0.15) is 0 Å². The fourth-order valence-corrected chi connectivity index (χ4v) is 2.43. The van der Waals surface area contributed by atoms with Gasteiger partial charge in [-0.1, -0.05) is 18.6 Å². The van der Waals surface area contributed by atoms with Crippen molar-refractivity contribution in [1.82, 2.24) is 4.90 Å². The maximum Gasteiger partial charge on any atom is 0.0727 e. The molecule has 15 heavy (non-hydrogen) atoms. The van der Waals surface area contributed by atoms with Crippen molar-refractivity contribution in [2.24, 2.45) is 5.73 Å². The van der Waals surface area contributed by atoms with Crippen LogP contribution < -0.4 is 5.73 Å². The Morgan fingerprint density at radius 3 is 2.93 bits per heavy atom. The van der Waals surface area contributed by atoms with E-state index in [9.17, 15) is 0 Å². The topological polar surface area (TPSA) is 49.5 Å². The monoisotopic (exact) mass is 230 g/mol. The van der Waals surface area contributed by atoms with E-state index in [1.54, 1.807) is 0 Å². The lowest BCUT2D eigenvalue weighted by Gasteiger charge is -2.35. The molecule has 1 rings (SSSR count). The van der Waals surface area contributed by atoms with Crippen molar-refractivity contribution in [3.05, 3.63) is 0 Å². The molecule has 88 valence electrons. The molecular weight excluding hydrogens is 208 g/mol. The van der Waals surface area contributed by atoms with Crippen LogP contribution in [0, 0.1) is 0 Å². The van der Waals surface area contributed by atoms with Crippen LogP contribution in [0.4, 0.5) is 0 Å². The lowest BCUT2D eigenvalue weighted by atomic mass is 9.99. The lowest BCUT2D eigenvalue weighted by molar-refractivity contribution is 0.119. The lowest BCUT2D eigenvalue weighted by Crippen LogP contribution is -2.40. The average Bonchev–Trinajstić information content (AvgIpc) is 2.20. The second-order valence-corrected chi connectivity index (χ2v) is 4.79. The van der Waals surface area contributed by atoms with Gasteiger partial charge in [-0.3, -0.25) is 0 Å². The summed E-state index contributed by atoms with van der Waals surface area (Å²) in [6.45, 7) is 2.54. The number of likely N-dealkylation sites (tertiary alicyclic amines) is 1. The molecule has 0 spiro atoms. The zero-order valence-corrected chi connectivity index (χ0v) is 10.1. The van der Waals surface area contributed by atoms with Gasteiger partial charge in [0.2, 0.25) is 0 Å². The first-order valence-corrected chi connectivity index (χ1v) is 6.28. The number of hydrogen-bond donors (Lipinski definition) is 2. The van der Waals surface area contributed by atoms with Crippen molar-refractivity contribution in [2.75, 3.05) is 19.7 Å². The summed E-state index contributed by atoms with van der Waals surface area (Å²) in [5, 5.41) is 8.98. The minimum Gasteiger partial charge on any atom is -0.396 e. The fraction of sp³-hybridized carbons (Fsp3) is 0.909. The second kappa shape index (κ2) is 7.14. The number of nitrogens with two attached hydrogens (primary N) is 1. The number of piperidine rings is 1. The molecule has 4 heteroatoms. The van der Waals surface area contributed by atoms with Crippen LogP contribution in [0.15, 0.2) is 0 Å². The summed E-state index contributed by atoms with van der Waals surface area (Å²) in [6.07, 6.45) is 6.63. The minimum atomic E-state index is 0.302. The molecule has 1 heterocycles. The van der Waals surface area contributed by atoms with Gasteiger partial charge in [0, 0.05) is 12.6 Å². The van der Waals surface area contributed by atoms with Crippen molar-refractivity contribution < 1.29 is 5.11 Å². The zero-order valence-electron chi connectivity index (χ0n) is 9.32. The first kappa shape index (κ1) is 12.9. The molecule has 3 nitrogen and oxygen atoms in total. The highest BCUT2D eigenvalue weighted by atomic mass is 32.1. The fourth-order valence-electron chi connectivity index (χ4n) is 2.29. The van der Waals surface area contributed by atoms with Gasteiger partial charge in [-0.25, -0.2) is 0 Å². The van der Waals surface area contributed by atoms with E-state index in [0.29, 0.717) is 17.6 Å². The van der Waals surface area contributed by atoms with Crippen LogP contribution in [-0.4, -0.2) is 40.7 Å². The Kier molecular flexibility index (Phi) is 6.13. The Morgan fingerprint density at radius 2 is 2.27 bits per heavy atom. The van der Waals surface area contributed by atoms with E-state index in [4.69, 9.17) is 23.1 Å². The summed E-state index contributed by atoms with van der Waals surface area (Å²) < 4.78 is 0. The van der Waals surface area contributed by atoms with Gasteiger partial charge in [0.25, 0.3) is 0 Å². The molecule has 0 aromatic heterocycles. The molecular formula is C11H22N2OS. The maximum absolute atomic E-state index is 8.98. The SMILES string of the molecule is NC(=S)CCCN1CCCCC1CCO. The molecule has 1 saturated heterocycles. The van der Waals surface area contributed by atoms with Gasteiger partial charge >= 0.3 is 0 Å². The minimum absolute atomic E-state index is 0.302. The van der Waals surface area contributed by atoms with Gasteiger partial charge in [-0.05, 0) is 45.2 Å². The van der Waals surface area contributed by atoms with E-state index in [0.717, 1.165) is 25.8 Å². The largest absolute Gasteiger partial charge is 0.396 e. The van der Waals surface area contributed by atoms with Crippen molar-refractivity contribution in [1.29, 1.82) is 0 Å². The van der Waals surface area contributed by atoms with Crippen LogP contribution in [0.25, 0.3) is 0 Å². The van der Waals surface area contributed by atoms with Gasteiger partial charge in [-0.2, -0.15) is 0 Å². The molecule has 1 unspecified atom stereocenters.